The average molecular weight is 245 g/mol. The van der Waals surface area contributed by atoms with E-state index in [1.165, 1.54) is 12.1 Å². The third-order valence-electron chi connectivity index (χ3n) is 2.78. The minimum absolute atomic E-state index is 0.124. The van der Waals surface area contributed by atoms with Crippen molar-refractivity contribution in [1.29, 1.82) is 0 Å². The molecule has 1 heterocycles. The number of aryl methyl sites for hydroxylation is 2. The van der Waals surface area contributed by atoms with Gasteiger partial charge in [0.15, 0.2) is 0 Å². The Hall–Kier alpha value is -1.81. The molecule has 4 heteroatoms. The van der Waals surface area contributed by atoms with Crippen LogP contribution in [0, 0.1) is 19.7 Å². The molecule has 3 nitrogen and oxygen atoms in total. The predicted molar refractivity (Wildman–Crippen MR) is 68.8 cm³/mol. The van der Waals surface area contributed by atoms with Crippen molar-refractivity contribution in [2.75, 3.05) is 7.05 Å². The van der Waals surface area contributed by atoms with Crippen molar-refractivity contribution >= 4 is 0 Å². The first-order chi connectivity index (χ1) is 8.60. The molecule has 0 amide bonds. The van der Waals surface area contributed by atoms with Gasteiger partial charge in [-0.1, -0.05) is 6.07 Å². The molecule has 2 rings (SSSR count). The van der Waals surface area contributed by atoms with Crippen LogP contribution in [0.2, 0.25) is 0 Å². The maximum atomic E-state index is 13.5. The highest BCUT2D eigenvalue weighted by Gasteiger charge is 2.14. The van der Waals surface area contributed by atoms with Crippen molar-refractivity contribution in [3.8, 4) is 0 Å². The Morgan fingerprint density at radius 3 is 2.61 bits per heavy atom. The van der Waals surface area contributed by atoms with E-state index in [-0.39, 0.29) is 11.9 Å². The van der Waals surface area contributed by atoms with Crippen molar-refractivity contribution in [2.45, 2.75) is 19.9 Å². The van der Waals surface area contributed by atoms with E-state index in [0.717, 1.165) is 16.8 Å². The molecule has 0 aliphatic heterocycles. The zero-order valence-electron chi connectivity index (χ0n) is 10.7. The largest absolute Gasteiger partial charge is 0.308 e. The zero-order valence-corrected chi connectivity index (χ0v) is 10.7. The Morgan fingerprint density at radius 1 is 1.22 bits per heavy atom. The lowest BCUT2D eigenvalue weighted by Crippen LogP contribution is -2.19. The monoisotopic (exact) mass is 245 g/mol. The molecule has 0 radical (unpaired) electrons. The summed E-state index contributed by atoms with van der Waals surface area (Å²) in [7, 11) is 1.84. The van der Waals surface area contributed by atoms with Gasteiger partial charge in [-0.2, -0.15) is 0 Å². The number of hydrogen-bond acceptors (Lipinski definition) is 3. The fourth-order valence-electron chi connectivity index (χ4n) is 2.05. The van der Waals surface area contributed by atoms with E-state index in [9.17, 15) is 4.39 Å². The maximum Gasteiger partial charge on any atom is 0.125 e. The minimum atomic E-state index is -0.226. The smallest absolute Gasteiger partial charge is 0.125 e. The molecule has 0 bridgehead atoms. The standard InChI is InChI=1S/C14H16FN3/c1-9-6-11(8-12(15)7-9)14(16-3)13-4-5-17-10(2)18-13/h4-8,14,16H,1-3H3. The summed E-state index contributed by atoms with van der Waals surface area (Å²) in [6.07, 6.45) is 1.72. The first-order valence-electron chi connectivity index (χ1n) is 5.84. The number of halogens is 1. The Bertz CT molecular complexity index is 534. The first-order valence-corrected chi connectivity index (χ1v) is 5.84. The van der Waals surface area contributed by atoms with Crippen LogP contribution in [0.5, 0.6) is 0 Å². The van der Waals surface area contributed by atoms with Crippen molar-refractivity contribution in [3.63, 3.8) is 0 Å². The SMILES string of the molecule is CNC(c1cc(C)cc(F)c1)c1ccnc(C)n1. The lowest BCUT2D eigenvalue weighted by molar-refractivity contribution is 0.611. The summed E-state index contributed by atoms with van der Waals surface area (Å²) in [5.74, 6) is 0.483. The summed E-state index contributed by atoms with van der Waals surface area (Å²) in [5.41, 5.74) is 2.61. The Kier molecular flexibility index (Phi) is 3.67. The van der Waals surface area contributed by atoms with Crippen molar-refractivity contribution in [2.24, 2.45) is 0 Å². The van der Waals surface area contributed by atoms with Crippen molar-refractivity contribution in [1.82, 2.24) is 15.3 Å². The summed E-state index contributed by atoms with van der Waals surface area (Å²) in [6, 6.07) is 6.73. The fraction of sp³-hybridized carbons (Fsp3) is 0.286. The van der Waals surface area contributed by atoms with E-state index in [4.69, 9.17) is 0 Å². The van der Waals surface area contributed by atoms with Gasteiger partial charge in [0, 0.05) is 6.20 Å². The van der Waals surface area contributed by atoms with Crippen LogP contribution in [0.1, 0.15) is 28.7 Å². The second-order valence-electron chi connectivity index (χ2n) is 4.31. The molecule has 2 aromatic rings. The number of rotatable bonds is 3. The maximum absolute atomic E-state index is 13.5. The van der Waals surface area contributed by atoms with E-state index in [1.54, 1.807) is 6.20 Å². The summed E-state index contributed by atoms with van der Waals surface area (Å²) in [5, 5.41) is 3.16. The van der Waals surface area contributed by atoms with Crippen LogP contribution in [0.3, 0.4) is 0 Å². The highest BCUT2D eigenvalue weighted by Crippen LogP contribution is 2.21. The molecule has 0 fully saturated rings. The van der Waals surface area contributed by atoms with Gasteiger partial charge < -0.3 is 5.32 Å². The molecule has 0 saturated heterocycles. The summed E-state index contributed by atoms with van der Waals surface area (Å²) in [4.78, 5) is 8.46. The van der Waals surface area contributed by atoms with Crippen LogP contribution < -0.4 is 5.32 Å². The van der Waals surface area contributed by atoms with E-state index in [2.05, 4.69) is 15.3 Å². The van der Waals surface area contributed by atoms with Gasteiger partial charge in [0.05, 0.1) is 11.7 Å². The third-order valence-corrected chi connectivity index (χ3v) is 2.78. The zero-order chi connectivity index (χ0) is 13.1. The highest BCUT2D eigenvalue weighted by molar-refractivity contribution is 5.31. The van der Waals surface area contributed by atoms with Crippen LogP contribution in [0.4, 0.5) is 4.39 Å². The molecular weight excluding hydrogens is 229 g/mol. The van der Waals surface area contributed by atoms with E-state index in [1.807, 2.05) is 33.0 Å². The van der Waals surface area contributed by atoms with Gasteiger partial charge in [-0.15, -0.1) is 0 Å². The van der Waals surface area contributed by atoms with Crippen LogP contribution >= 0.6 is 0 Å². The van der Waals surface area contributed by atoms with Crippen LogP contribution in [0.15, 0.2) is 30.5 Å². The van der Waals surface area contributed by atoms with E-state index in [0.29, 0.717) is 5.82 Å². The molecule has 0 saturated carbocycles. The average Bonchev–Trinajstić information content (AvgIpc) is 2.28. The first kappa shape index (κ1) is 12.6. The highest BCUT2D eigenvalue weighted by atomic mass is 19.1. The number of hydrogen-bond donors (Lipinski definition) is 1. The summed E-state index contributed by atoms with van der Waals surface area (Å²) < 4.78 is 13.5. The fourth-order valence-corrected chi connectivity index (χ4v) is 2.05. The van der Waals surface area contributed by atoms with Gasteiger partial charge in [0.25, 0.3) is 0 Å². The topological polar surface area (TPSA) is 37.8 Å². The molecule has 1 unspecified atom stereocenters. The molecule has 0 spiro atoms. The molecule has 94 valence electrons. The molecule has 0 aliphatic rings. The molecular formula is C14H16FN3. The molecule has 1 aromatic heterocycles. The number of aromatic nitrogens is 2. The second-order valence-corrected chi connectivity index (χ2v) is 4.31. The predicted octanol–water partition coefficient (Wildman–Crippen LogP) is 2.54. The van der Waals surface area contributed by atoms with Crippen molar-refractivity contribution < 1.29 is 4.39 Å². The number of benzene rings is 1. The Labute approximate surface area is 106 Å². The van der Waals surface area contributed by atoms with Gasteiger partial charge in [-0.05, 0) is 50.2 Å². The lowest BCUT2D eigenvalue weighted by atomic mass is 10.0. The van der Waals surface area contributed by atoms with E-state index >= 15 is 0 Å². The number of nitrogens with one attached hydrogen (secondary N) is 1. The Balaban J connectivity index is 2.45. The van der Waals surface area contributed by atoms with E-state index < -0.39 is 0 Å². The lowest BCUT2D eigenvalue weighted by Gasteiger charge is -2.17. The molecule has 18 heavy (non-hydrogen) atoms. The van der Waals surface area contributed by atoms with Crippen LogP contribution in [-0.4, -0.2) is 17.0 Å². The normalized spacial score (nSPS) is 12.4. The summed E-state index contributed by atoms with van der Waals surface area (Å²) >= 11 is 0. The third kappa shape index (κ3) is 2.71. The minimum Gasteiger partial charge on any atom is -0.308 e. The second kappa shape index (κ2) is 5.23. The van der Waals surface area contributed by atoms with Gasteiger partial charge in [-0.3, -0.25) is 0 Å². The van der Waals surface area contributed by atoms with Gasteiger partial charge in [0.2, 0.25) is 0 Å². The molecule has 1 atom stereocenters. The quantitative estimate of drug-likeness (QED) is 0.903. The Morgan fingerprint density at radius 2 is 2.00 bits per heavy atom. The molecule has 1 aromatic carbocycles. The van der Waals surface area contributed by atoms with Crippen LogP contribution in [0.25, 0.3) is 0 Å². The van der Waals surface area contributed by atoms with Gasteiger partial charge >= 0.3 is 0 Å². The van der Waals surface area contributed by atoms with Crippen LogP contribution in [-0.2, 0) is 0 Å². The summed E-state index contributed by atoms with van der Waals surface area (Å²) in [6.45, 7) is 3.72. The van der Waals surface area contributed by atoms with Gasteiger partial charge in [-0.25, -0.2) is 14.4 Å². The molecule has 0 aliphatic carbocycles. The van der Waals surface area contributed by atoms with Gasteiger partial charge in [0.1, 0.15) is 11.6 Å². The van der Waals surface area contributed by atoms with Crippen molar-refractivity contribution in [3.05, 3.63) is 58.9 Å². The number of nitrogens with zero attached hydrogens (tertiary/aromatic N) is 2. The molecule has 1 N–H and O–H groups in total.